The van der Waals surface area contributed by atoms with Gasteiger partial charge in [-0.25, -0.2) is 4.79 Å². The molecule has 1 N–H and O–H groups in total. The van der Waals surface area contributed by atoms with E-state index in [0.717, 1.165) is 17.6 Å². The first kappa shape index (κ1) is 17.0. The summed E-state index contributed by atoms with van der Waals surface area (Å²) in [7, 11) is 1.33. The quantitative estimate of drug-likeness (QED) is 0.861. The van der Waals surface area contributed by atoms with Gasteiger partial charge in [0, 0.05) is 5.57 Å². The molecule has 4 nitrogen and oxygen atoms in total. The molecular weight excluding hydrogens is 314 g/mol. The van der Waals surface area contributed by atoms with Gasteiger partial charge in [-0.3, -0.25) is 4.79 Å². The average Bonchev–Trinajstić information content (AvgIpc) is 2.62. The zero-order valence-corrected chi connectivity index (χ0v) is 14.7. The Hall–Kier alpha value is -2.88. The lowest BCUT2D eigenvalue weighted by Crippen LogP contribution is -2.19. The highest BCUT2D eigenvalue weighted by Gasteiger charge is 2.19. The SMILES string of the molecule is COC(=O)c1ccccc1NC(=O)C1=Cc2cc(C)c(C)cc2CC1. The van der Waals surface area contributed by atoms with E-state index >= 15 is 0 Å². The van der Waals surface area contributed by atoms with E-state index in [2.05, 4.69) is 31.3 Å². The van der Waals surface area contributed by atoms with Crippen LogP contribution in [0.2, 0.25) is 0 Å². The van der Waals surface area contributed by atoms with E-state index in [1.165, 1.54) is 23.8 Å². The zero-order valence-electron chi connectivity index (χ0n) is 14.7. The average molecular weight is 335 g/mol. The van der Waals surface area contributed by atoms with Gasteiger partial charge < -0.3 is 10.1 Å². The van der Waals surface area contributed by atoms with Gasteiger partial charge in [0.15, 0.2) is 0 Å². The van der Waals surface area contributed by atoms with E-state index in [9.17, 15) is 9.59 Å². The predicted octanol–water partition coefficient (Wildman–Crippen LogP) is 4.06. The first-order chi connectivity index (χ1) is 12.0. The van der Waals surface area contributed by atoms with Crippen LogP contribution in [0.1, 0.15) is 39.0 Å². The van der Waals surface area contributed by atoms with Gasteiger partial charge in [0.2, 0.25) is 0 Å². The molecule has 2 aromatic rings. The highest BCUT2D eigenvalue weighted by Crippen LogP contribution is 2.28. The molecule has 1 aliphatic carbocycles. The number of fused-ring (bicyclic) bond motifs is 1. The first-order valence-corrected chi connectivity index (χ1v) is 8.29. The van der Waals surface area contributed by atoms with Crippen LogP contribution in [0.3, 0.4) is 0 Å². The first-order valence-electron chi connectivity index (χ1n) is 8.29. The maximum Gasteiger partial charge on any atom is 0.339 e. The molecular formula is C21H21NO3. The predicted molar refractivity (Wildman–Crippen MR) is 98.6 cm³/mol. The zero-order chi connectivity index (χ0) is 18.0. The molecule has 0 atom stereocenters. The highest BCUT2D eigenvalue weighted by atomic mass is 16.5. The fourth-order valence-electron chi connectivity index (χ4n) is 3.04. The molecule has 0 bridgehead atoms. The molecule has 0 radical (unpaired) electrons. The number of rotatable bonds is 3. The van der Waals surface area contributed by atoms with Crippen LogP contribution >= 0.6 is 0 Å². The number of methoxy groups -OCH3 is 1. The third kappa shape index (κ3) is 3.48. The van der Waals surface area contributed by atoms with E-state index < -0.39 is 5.97 Å². The molecule has 4 heteroatoms. The summed E-state index contributed by atoms with van der Waals surface area (Å²) < 4.78 is 4.77. The van der Waals surface area contributed by atoms with Crippen molar-refractivity contribution >= 4 is 23.6 Å². The lowest BCUT2D eigenvalue weighted by molar-refractivity contribution is -0.112. The number of para-hydroxylation sites is 1. The molecule has 25 heavy (non-hydrogen) atoms. The largest absolute Gasteiger partial charge is 0.465 e. The number of esters is 1. The Morgan fingerprint density at radius 3 is 2.52 bits per heavy atom. The second-order valence-electron chi connectivity index (χ2n) is 6.30. The van der Waals surface area contributed by atoms with Gasteiger partial charge in [-0.1, -0.05) is 24.3 Å². The van der Waals surface area contributed by atoms with Crippen LogP contribution in [0.5, 0.6) is 0 Å². The van der Waals surface area contributed by atoms with Crippen molar-refractivity contribution in [3.05, 3.63) is 69.8 Å². The van der Waals surface area contributed by atoms with Crippen molar-refractivity contribution in [1.29, 1.82) is 0 Å². The van der Waals surface area contributed by atoms with Gasteiger partial charge in [0.05, 0.1) is 18.4 Å². The Balaban J connectivity index is 1.86. The number of nitrogens with one attached hydrogen (secondary N) is 1. The minimum absolute atomic E-state index is 0.180. The number of hydrogen-bond donors (Lipinski definition) is 1. The monoisotopic (exact) mass is 335 g/mol. The lowest BCUT2D eigenvalue weighted by atomic mass is 9.89. The second kappa shape index (κ2) is 6.93. The van der Waals surface area contributed by atoms with Crippen LogP contribution in [0, 0.1) is 13.8 Å². The summed E-state index contributed by atoms with van der Waals surface area (Å²) in [6.07, 6.45) is 3.47. The smallest absolute Gasteiger partial charge is 0.339 e. The van der Waals surface area contributed by atoms with Crippen LogP contribution in [0.25, 0.3) is 6.08 Å². The molecule has 0 heterocycles. The molecule has 3 rings (SSSR count). The molecule has 0 saturated heterocycles. The molecule has 0 aromatic heterocycles. The molecule has 0 saturated carbocycles. The molecule has 1 aliphatic rings. The van der Waals surface area contributed by atoms with Gasteiger partial charge in [-0.05, 0) is 67.2 Å². The van der Waals surface area contributed by atoms with E-state index in [-0.39, 0.29) is 5.91 Å². The van der Waals surface area contributed by atoms with Crippen molar-refractivity contribution in [2.45, 2.75) is 26.7 Å². The Bertz CT molecular complexity index is 881. The van der Waals surface area contributed by atoms with Crippen LogP contribution in [-0.4, -0.2) is 19.0 Å². The summed E-state index contributed by atoms with van der Waals surface area (Å²) in [5.41, 5.74) is 6.39. The third-order valence-corrected chi connectivity index (χ3v) is 4.62. The maximum atomic E-state index is 12.7. The topological polar surface area (TPSA) is 55.4 Å². The number of carbonyl (C=O) groups is 2. The van der Waals surface area contributed by atoms with Gasteiger partial charge >= 0.3 is 5.97 Å². The summed E-state index contributed by atoms with van der Waals surface area (Å²) >= 11 is 0. The van der Waals surface area contributed by atoms with Gasteiger partial charge in [0.1, 0.15) is 0 Å². The van der Waals surface area contributed by atoms with Crippen molar-refractivity contribution in [2.24, 2.45) is 0 Å². The number of amides is 1. The van der Waals surface area contributed by atoms with Crippen molar-refractivity contribution in [3.63, 3.8) is 0 Å². The fraction of sp³-hybridized carbons (Fsp3) is 0.238. The summed E-state index contributed by atoms with van der Waals surface area (Å²) in [6.45, 7) is 4.18. The van der Waals surface area contributed by atoms with Crippen LogP contribution in [-0.2, 0) is 16.0 Å². The van der Waals surface area contributed by atoms with Gasteiger partial charge in [-0.2, -0.15) is 0 Å². The van der Waals surface area contributed by atoms with Gasteiger partial charge in [-0.15, -0.1) is 0 Å². The van der Waals surface area contributed by atoms with Crippen LogP contribution < -0.4 is 5.32 Å². The van der Waals surface area contributed by atoms with Crippen molar-refractivity contribution in [1.82, 2.24) is 0 Å². The number of benzene rings is 2. The molecule has 2 aromatic carbocycles. The standard InChI is InChI=1S/C21H21NO3/c1-13-10-15-8-9-16(12-17(15)11-14(13)2)20(23)22-19-7-5-4-6-18(19)21(24)25-3/h4-7,10-12H,8-9H2,1-3H3,(H,22,23). The minimum Gasteiger partial charge on any atom is -0.465 e. The van der Waals surface area contributed by atoms with Crippen molar-refractivity contribution in [3.8, 4) is 0 Å². The summed E-state index contributed by atoms with van der Waals surface area (Å²) in [6, 6.07) is 11.2. The van der Waals surface area contributed by atoms with E-state index in [1.54, 1.807) is 24.3 Å². The number of hydrogen-bond acceptors (Lipinski definition) is 3. The van der Waals surface area contributed by atoms with Gasteiger partial charge in [0.25, 0.3) is 5.91 Å². The van der Waals surface area contributed by atoms with Crippen LogP contribution in [0.4, 0.5) is 5.69 Å². The van der Waals surface area contributed by atoms with Crippen molar-refractivity contribution in [2.75, 3.05) is 12.4 Å². The normalized spacial score (nSPS) is 12.8. The van der Waals surface area contributed by atoms with E-state index in [1.807, 2.05) is 6.08 Å². The molecule has 0 unspecified atom stereocenters. The molecule has 128 valence electrons. The second-order valence-corrected chi connectivity index (χ2v) is 6.30. The number of anilines is 1. The Kier molecular flexibility index (Phi) is 4.70. The summed E-state index contributed by atoms with van der Waals surface area (Å²) in [4.78, 5) is 24.5. The molecule has 1 amide bonds. The summed E-state index contributed by atoms with van der Waals surface area (Å²) in [5, 5.41) is 2.84. The molecule has 0 spiro atoms. The Labute approximate surface area is 147 Å². The highest BCUT2D eigenvalue weighted by molar-refractivity contribution is 6.10. The van der Waals surface area contributed by atoms with E-state index in [4.69, 9.17) is 4.74 Å². The molecule has 0 fully saturated rings. The van der Waals surface area contributed by atoms with Crippen molar-refractivity contribution < 1.29 is 14.3 Å². The summed E-state index contributed by atoms with van der Waals surface area (Å²) in [5.74, 6) is -0.648. The fourth-order valence-corrected chi connectivity index (χ4v) is 3.04. The van der Waals surface area contributed by atoms with E-state index in [0.29, 0.717) is 17.7 Å². The third-order valence-electron chi connectivity index (χ3n) is 4.62. The Morgan fingerprint density at radius 1 is 1.04 bits per heavy atom. The lowest BCUT2D eigenvalue weighted by Gasteiger charge is -2.18. The maximum absolute atomic E-state index is 12.7. The Morgan fingerprint density at radius 2 is 1.76 bits per heavy atom. The number of carbonyl (C=O) groups excluding carboxylic acids is 2. The minimum atomic E-state index is -0.468. The number of ether oxygens (including phenoxy) is 1. The molecule has 0 aliphatic heterocycles. The van der Waals surface area contributed by atoms with Crippen LogP contribution in [0.15, 0.2) is 42.0 Å². The number of aryl methyl sites for hydroxylation is 3.